The van der Waals surface area contributed by atoms with Crippen LogP contribution in [-0.4, -0.2) is 40.6 Å². The fourth-order valence-corrected chi connectivity index (χ4v) is 3.75. The van der Waals surface area contributed by atoms with E-state index in [0.29, 0.717) is 42.9 Å². The molecule has 1 aliphatic heterocycles. The lowest BCUT2D eigenvalue weighted by atomic mass is 10.1. The first kappa shape index (κ1) is 21.4. The smallest absolute Gasteiger partial charge is 0.232 e. The zero-order chi connectivity index (χ0) is 21.6. The minimum absolute atomic E-state index is 0.0735. The molecular weight excluding hydrogens is 414 g/mol. The highest BCUT2D eigenvalue weighted by Crippen LogP contribution is 2.29. The van der Waals surface area contributed by atoms with Crippen LogP contribution in [0.15, 0.2) is 53.1 Å². The number of hydrogen-bond donors (Lipinski definition) is 0. The largest absolute Gasteiger partial charge is 0.494 e. The van der Waals surface area contributed by atoms with Crippen molar-refractivity contribution in [3.05, 3.63) is 65.0 Å². The van der Waals surface area contributed by atoms with Gasteiger partial charge in [0.15, 0.2) is 0 Å². The van der Waals surface area contributed by atoms with E-state index >= 15 is 0 Å². The minimum atomic E-state index is -0.0735. The van der Waals surface area contributed by atoms with Crippen LogP contribution in [0, 0.1) is 0 Å². The third-order valence-corrected chi connectivity index (χ3v) is 5.72. The summed E-state index contributed by atoms with van der Waals surface area (Å²) in [7, 11) is 0. The third-order valence-electron chi connectivity index (χ3n) is 5.47. The molecule has 2 aromatic carbocycles. The van der Waals surface area contributed by atoms with E-state index in [-0.39, 0.29) is 11.8 Å². The maximum absolute atomic E-state index is 12.5. The fraction of sp³-hybridized carbons (Fsp3) is 0.375. The van der Waals surface area contributed by atoms with Crippen molar-refractivity contribution in [2.24, 2.45) is 0 Å². The van der Waals surface area contributed by atoms with E-state index < -0.39 is 0 Å². The standard InChI is InChI=1S/C24H26ClN3O3/c1-2-3-14-30-21-10-6-18(7-11-21)23-26-24(31-27-23)19-15-22(29)28(16-19)13-12-17-4-8-20(25)9-5-17/h4-11,19H,2-3,12-16H2,1H3. The molecule has 1 atom stereocenters. The summed E-state index contributed by atoms with van der Waals surface area (Å²) in [5.74, 6) is 1.92. The average Bonchev–Trinajstić information content (AvgIpc) is 3.41. The number of ether oxygens (including phenoxy) is 1. The lowest BCUT2D eigenvalue weighted by Gasteiger charge is -2.15. The number of aromatic nitrogens is 2. The zero-order valence-corrected chi connectivity index (χ0v) is 18.3. The van der Waals surface area contributed by atoms with Crippen molar-refractivity contribution >= 4 is 17.5 Å². The van der Waals surface area contributed by atoms with Crippen LogP contribution in [-0.2, 0) is 11.2 Å². The number of amides is 1. The Morgan fingerprint density at radius 1 is 1.16 bits per heavy atom. The van der Waals surface area contributed by atoms with Gasteiger partial charge in [0.1, 0.15) is 5.75 Å². The molecule has 1 aliphatic rings. The van der Waals surface area contributed by atoms with Gasteiger partial charge in [-0.3, -0.25) is 4.79 Å². The molecule has 0 aliphatic carbocycles. The van der Waals surface area contributed by atoms with Gasteiger partial charge < -0.3 is 14.2 Å². The summed E-state index contributed by atoms with van der Waals surface area (Å²) in [5, 5.41) is 4.83. The summed E-state index contributed by atoms with van der Waals surface area (Å²) in [6.45, 7) is 4.11. The van der Waals surface area contributed by atoms with Crippen molar-refractivity contribution in [3.8, 4) is 17.1 Å². The van der Waals surface area contributed by atoms with E-state index in [9.17, 15) is 4.79 Å². The number of nitrogens with zero attached hydrogens (tertiary/aromatic N) is 3. The summed E-state index contributed by atoms with van der Waals surface area (Å²) in [6, 6.07) is 15.4. The van der Waals surface area contributed by atoms with Gasteiger partial charge in [0, 0.05) is 30.1 Å². The summed E-state index contributed by atoms with van der Waals surface area (Å²) < 4.78 is 11.2. The number of likely N-dealkylation sites (tertiary alicyclic amines) is 1. The molecule has 7 heteroatoms. The second-order valence-corrected chi connectivity index (χ2v) is 8.24. The Balaban J connectivity index is 1.34. The molecule has 0 radical (unpaired) electrons. The number of benzene rings is 2. The quantitative estimate of drug-likeness (QED) is 0.432. The summed E-state index contributed by atoms with van der Waals surface area (Å²) in [4.78, 5) is 18.9. The minimum Gasteiger partial charge on any atom is -0.494 e. The van der Waals surface area contributed by atoms with Gasteiger partial charge in [0.05, 0.1) is 12.5 Å². The molecule has 1 fully saturated rings. The van der Waals surface area contributed by atoms with E-state index in [4.69, 9.17) is 20.9 Å². The Hall–Kier alpha value is -2.86. The van der Waals surface area contributed by atoms with Crippen molar-refractivity contribution < 1.29 is 14.1 Å². The molecule has 0 saturated carbocycles. The van der Waals surface area contributed by atoms with Crippen molar-refractivity contribution in [1.82, 2.24) is 15.0 Å². The predicted octanol–water partition coefficient (Wildman–Crippen LogP) is 5.13. The summed E-state index contributed by atoms with van der Waals surface area (Å²) >= 11 is 5.93. The number of unbranched alkanes of at least 4 members (excludes halogenated alkanes) is 1. The molecule has 3 aromatic rings. The van der Waals surface area contributed by atoms with Gasteiger partial charge in [-0.05, 0) is 54.8 Å². The van der Waals surface area contributed by atoms with E-state index in [1.807, 2.05) is 53.4 Å². The number of halogens is 1. The van der Waals surface area contributed by atoms with Gasteiger partial charge in [-0.2, -0.15) is 4.98 Å². The normalized spacial score (nSPS) is 16.1. The molecule has 6 nitrogen and oxygen atoms in total. The molecule has 1 saturated heterocycles. The maximum Gasteiger partial charge on any atom is 0.232 e. The van der Waals surface area contributed by atoms with Crippen LogP contribution in [0.5, 0.6) is 5.75 Å². The Morgan fingerprint density at radius 3 is 2.68 bits per heavy atom. The maximum atomic E-state index is 12.5. The molecule has 4 rings (SSSR count). The van der Waals surface area contributed by atoms with Gasteiger partial charge >= 0.3 is 0 Å². The van der Waals surface area contributed by atoms with Gasteiger partial charge in [-0.1, -0.05) is 42.2 Å². The Morgan fingerprint density at radius 2 is 1.94 bits per heavy atom. The van der Waals surface area contributed by atoms with Crippen molar-refractivity contribution in [2.75, 3.05) is 19.7 Å². The average molecular weight is 440 g/mol. The third kappa shape index (κ3) is 5.44. The van der Waals surface area contributed by atoms with E-state index in [0.717, 1.165) is 36.1 Å². The first-order valence-electron chi connectivity index (χ1n) is 10.7. The van der Waals surface area contributed by atoms with Crippen LogP contribution in [0.2, 0.25) is 5.02 Å². The predicted molar refractivity (Wildman–Crippen MR) is 119 cm³/mol. The number of hydrogen-bond acceptors (Lipinski definition) is 5. The van der Waals surface area contributed by atoms with Gasteiger partial charge in [-0.15, -0.1) is 0 Å². The lowest BCUT2D eigenvalue weighted by molar-refractivity contribution is -0.127. The van der Waals surface area contributed by atoms with Crippen LogP contribution >= 0.6 is 11.6 Å². The molecule has 162 valence electrons. The molecule has 1 amide bonds. The van der Waals surface area contributed by atoms with E-state index in [1.165, 1.54) is 0 Å². The Bertz CT molecular complexity index is 1000. The second kappa shape index (κ2) is 9.96. The van der Waals surface area contributed by atoms with Crippen LogP contribution < -0.4 is 4.74 Å². The van der Waals surface area contributed by atoms with Crippen LogP contribution in [0.3, 0.4) is 0 Å². The molecule has 1 aromatic heterocycles. The fourth-order valence-electron chi connectivity index (χ4n) is 3.62. The van der Waals surface area contributed by atoms with E-state index in [1.54, 1.807) is 0 Å². The second-order valence-electron chi connectivity index (χ2n) is 7.80. The van der Waals surface area contributed by atoms with Crippen LogP contribution in [0.1, 0.15) is 43.6 Å². The van der Waals surface area contributed by atoms with Crippen LogP contribution in [0.4, 0.5) is 0 Å². The zero-order valence-electron chi connectivity index (χ0n) is 17.6. The SMILES string of the molecule is CCCCOc1ccc(-c2noc(C3CC(=O)N(CCc4ccc(Cl)cc4)C3)n2)cc1. The number of carbonyl (C=O) groups is 1. The first-order valence-corrected chi connectivity index (χ1v) is 11.1. The summed E-state index contributed by atoms with van der Waals surface area (Å²) in [5.41, 5.74) is 2.02. The Labute approximate surface area is 187 Å². The van der Waals surface area contributed by atoms with Crippen LogP contribution in [0.25, 0.3) is 11.4 Å². The monoisotopic (exact) mass is 439 g/mol. The molecule has 0 spiro atoms. The highest BCUT2D eigenvalue weighted by Gasteiger charge is 2.34. The lowest BCUT2D eigenvalue weighted by Crippen LogP contribution is -2.27. The molecule has 1 unspecified atom stereocenters. The molecule has 0 N–H and O–H groups in total. The van der Waals surface area contributed by atoms with Crippen molar-refractivity contribution in [1.29, 1.82) is 0 Å². The molecule has 2 heterocycles. The Kier molecular flexibility index (Phi) is 6.87. The number of rotatable bonds is 9. The molecule has 0 bridgehead atoms. The van der Waals surface area contributed by atoms with Crippen molar-refractivity contribution in [2.45, 2.75) is 38.5 Å². The molecule has 31 heavy (non-hydrogen) atoms. The van der Waals surface area contributed by atoms with Gasteiger partial charge in [0.25, 0.3) is 0 Å². The van der Waals surface area contributed by atoms with Gasteiger partial charge in [-0.25, -0.2) is 0 Å². The van der Waals surface area contributed by atoms with E-state index in [2.05, 4.69) is 17.1 Å². The summed E-state index contributed by atoms with van der Waals surface area (Å²) in [6.07, 6.45) is 3.32. The molecular formula is C24H26ClN3O3. The highest BCUT2D eigenvalue weighted by atomic mass is 35.5. The first-order chi connectivity index (χ1) is 15.1. The number of carbonyl (C=O) groups excluding carboxylic acids is 1. The van der Waals surface area contributed by atoms with Gasteiger partial charge in [0.2, 0.25) is 17.6 Å². The van der Waals surface area contributed by atoms with Crippen molar-refractivity contribution in [3.63, 3.8) is 0 Å². The topological polar surface area (TPSA) is 68.5 Å². The highest BCUT2D eigenvalue weighted by molar-refractivity contribution is 6.30.